The van der Waals surface area contributed by atoms with Gasteiger partial charge in [0, 0.05) is 6.54 Å². The Hall–Kier alpha value is -1.33. The van der Waals surface area contributed by atoms with Crippen LogP contribution in [0.1, 0.15) is 0 Å². The van der Waals surface area contributed by atoms with Gasteiger partial charge in [0.1, 0.15) is 11.6 Å². The number of aliphatic hydroxyl groups excluding tert-OH is 2. The van der Waals surface area contributed by atoms with Gasteiger partial charge in [0.2, 0.25) is 0 Å². The summed E-state index contributed by atoms with van der Waals surface area (Å²) >= 11 is 0. The van der Waals surface area contributed by atoms with E-state index < -0.39 is 6.10 Å². The molecule has 0 spiro atoms. The Kier molecular flexibility index (Phi) is 3.48. The highest BCUT2D eigenvalue weighted by molar-refractivity contribution is 5.42. The lowest BCUT2D eigenvalue weighted by Gasteiger charge is -2.09. The summed E-state index contributed by atoms with van der Waals surface area (Å²) in [6, 6.07) is 5.17. The number of pyridine rings is 1. The third kappa shape index (κ3) is 3.27. The van der Waals surface area contributed by atoms with Crippen molar-refractivity contribution in [2.75, 3.05) is 24.2 Å². The van der Waals surface area contributed by atoms with Crippen molar-refractivity contribution in [1.82, 2.24) is 4.98 Å². The summed E-state index contributed by atoms with van der Waals surface area (Å²) < 4.78 is 0. The maximum absolute atomic E-state index is 9.02. The molecule has 0 aliphatic rings. The van der Waals surface area contributed by atoms with Crippen LogP contribution >= 0.6 is 0 Å². The average molecular weight is 183 g/mol. The van der Waals surface area contributed by atoms with Crippen LogP contribution < -0.4 is 11.1 Å². The van der Waals surface area contributed by atoms with Gasteiger partial charge in [-0.25, -0.2) is 4.98 Å². The lowest BCUT2D eigenvalue weighted by atomic mass is 10.3. The number of nitrogen functional groups attached to an aromatic ring is 1. The Morgan fingerprint density at radius 1 is 1.54 bits per heavy atom. The van der Waals surface area contributed by atoms with Crippen LogP contribution in [-0.2, 0) is 0 Å². The Bertz CT molecular complexity index is 267. The van der Waals surface area contributed by atoms with Gasteiger partial charge in [-0.3, -0.25) is 0 Å². The molecule has 13 heavy (non-hydrogen) atoms. The van der Waals surface area contributed by atoms with E-state index in [1.165, 1.54) is 0 Å². The molecule has 0 aliphatic carbocycles. The van der Waals surface area contributed by atoms with Crippen LogP contribution in [0, 0.1) is 0 Å². The highest BCUT2D eigenvalue weighted by atomic mass is 16.3. The van der Waals surface area contributed by atoms with Gasteiger partial charge in [-0.1, -0.05) is 6.07 Å². The largest absolute Gasteiger partial charge is 0.394 e. The number of hydrogen-bond donors (Lipinski definition) is 4. The van der Waals surface area contributed by atoms with Crippen molar-refractivity contribution in [2.45, 2.75) is 6.10 Å². The lowest BCUT2D eigenvalue weighted by Crippen LogP contribution is -2.23. The van der Waals surface area contributed by atoms with Crippen LogP contribution in [0.4, 0.5) is 11.6 Å². The third-order valence-electron chi connectivity index (χ3n) is 1.50. The lowest BCUT2D eigenvalue weighted by molar-refractivity contribution is 0.105. The predicted octanol–water partition coefficient (Wildman–Crippen LogP) is -0.571. The second-order valence-corrected chi connectivity index (χ2v) is 2.66. The average Bonchev–Trinajstić information content (AvgIpc) is 2.14. The normalized spacial score (nSPS) is 12.5. The number of nitrogens with two attached hydrogens (primary N) is 1. The zero-order valence-electron chi connectivity index (χ0n) is 7.14. The van der Waals surface area contributed by atoms with Gasteiger partial charge >= 0.3 is 0 Å². The molecule has 0 bridgehead atoms. The van der Waals surface area contributed by atoms with Crippen LogP contribution in [0.25, 0.3) is 0 Å². The molecule has 5 N–H and O–H groups in total. The summed E-state index contributed by atoms with van der Waals surface area (Å²) in [6.45, 7) is -0.0116. The number of aromatic nitrogens is 1. The smallest absolute Gasteiger partial charge is 0.128 e. The molecule has 0 radical (unpaired) electrons. The molecule has 0 aliphatic heterocycles. The molecule has 1 aromatic rings. The highest BCUT2D eigenvalue weighted by Gasteiger charge is 2.01. The fourth-order valence-electron chi connectivity index (χ4n) is 0.837. The van der Waals surface area contributed by atoms with Crippen LogP contribution in [0.5, 0.6) is 0 Å². The second kappa shape index (κ2) is 4.64. The van der Waals surface area contributed by atoms with E-state index in [2.05, 4.69) is 10.3 Å². The quantitative estimate of drug-likeness (QED) is 0.501. The van der Waals surface area contributed by atoms with Gasteiger partial charge in [-0.05, 0) is 12.1 Å². The van der Waals surface area contributed by atoms with Crippen molar-refractivity contribution in [2.24, 2.45) is 0 Å². The molecule has 0 amide bonds. The second-order valence-electron chi connectivity index (χ2n) is 2.66. The third-order valence-corrected chi connectivity index (χ3v) is 1.50. The standard InChI is InChI=1S/C8H13N3O2/c9-7-2-1-3-8(11-7)10-4-6(13)5-12/h1-3,6,12-13H,4-5H2,(H3,9,10,11). The van der Waals surface area contributed by atoms with Crippen molar-refractivity contribution < 1.29 is 10.2 Å². The summed E-state index contributed by atoms with van der Waals surface area (Å²) in [4.78, 5) is 3.95. The van der Waals surface area contributed by atoms with Gasteiger partial charge < -0.3 is 21.3 Å². The maximum Gasteiger partial charge on any atom is 0.128 e. The van der Waals surface area contributed by atoms with E-state index in [0.717, 1.165) is 0 Å². The van der Waals surface area contributed by atoms with E-state index in [9.17, 15) is 0 Å². The van der Waals surface area contributed by atoms with E-state index in [1.807, 2.05) is 0 Å². The number of rotatable bonds is 4. The molecule has 1 aromatic heterocycles. The maximum atomic E-state index is 9.02. The van der Waals surface area contributed by atoms with Crippen molar-refractivity contribution in [3.8, 4) is 0 Å². The Morgan fingerprint density at radius 2 is 2.31 bits per heavy atom. The summed E-state index contributed by atoms with van der Waals surface area (Å²) in [5.41, 5.74) is 5.43. The number of aliphatic hydroxyl groups is 2. The summed E-state index contributed by atoms with van der Waals surface area (Å²) in [7, 11) is 0. The Morgan fingerprint density at radius 3 is 2.92 bits per heavy atom. The molecular weight excluding hydrogens is 170 g/mol. The van der Waals surface area contributed by atoms with Gasteiger partial charge in [0.25, 0.3) is 0 Å². The first-order chi connectivity index (χ1) is 6.22. The minimum absolute atomic E-state index is 0.257. The highest BCUT2D eigenvalue weighted by Crippen LogP contribution is 2.05. The first-order valence-corrected chi connectivity index (χ1v) is 3.97. The number of anilines is 2. The van der Waals surface area contributed by atoms with Crippen molar-refractivity contribution >= 4 is 11.6 Å². The van der Waals surface area contributed by atoms with Crippen molar-refractivity contribution in [1.29, 1.82) is 0 Å². The van der Waals surface area contributed by atoms with Crippen LogP contribution in [0.2, 0.25) is 0 Å². The van der Waals surface area contributed by atoms with Crippen LogP contribution in [-0.4, -0.2) is 34.5 Å². The van der Waals surface area contributed by atoms with E-state index >= 15 is 0 Å². The van der Waals surface area contributed by atoms with Crippen molar-refractivity contribution in [3.05, 3.63) is 18.2 Å². The zero-order chi connectivity index (χ0) is 9.68. The molecule has 1 heterocycles. The Balaban J connectivity index is 2.45. The van der Waals surface area contributed by atoms with Crippen molar-refractivity contribution in [3.63, 3.8) is 0 Å². The fourth-order valence-corrected chi connectivity index (χ4v) is 0.837. The van der Waals surface area contributed by atoms with Crippen LogP contribution in [0.3, 0.4) is 0 Å². The first kappa shape index (κ1) is 9.76. The van der Waals surface area contributed by atoms with Gasteiger partial charge in [-0.15, -0.1) is 0 Å². The van der Waals surface area contributed by atoms with Gasteiger partial charge in [0.15, 0.2) is 0 Å². The molecule has 0 saturated heterocycles. The van der Waals surface area contributed by atoms with E-state index in [0.29, 0.717) is 11.6 Å². The Labute approximate surface area is 76.2 Å². The monoisotopic (exact) mass is 183 g/mol. The van der Waals surface area contributed by atoms with E-state index in [4.69, 9.17) is 15.9 Å². The minimum Gasteiger partial charge on any atom is -0.394 e. The molecule has 1 unspecified atom stereocenters. The molecule has 0 aromatic carbocycles. The summed E-state index contributed by atoms with van der Waals surface area (Å²) in [5.74, 6) is 1.01. The molecule has 0 fully saturated rings. The molecule has 1 atom stereocenters. The first-order valence-electron chi connectivity index (χ1n) is 3.97. The molecule has 0 saturated carbocycles. The molecule has 5 heteroatoms. The molecule has 5 nitrogen and oxygen atoms in total. The predicted molar refractivity (Wildman–Crippen MR) is 50.2 cm³/mol. The molecular formula is C8H13N3O2. The number of nitrogens with one attached hydrogen (secondary N) is 1. The van der Waals surface area contributed by atoms with E-state index in [1.54, 1.807) is 18.2 Å². The molecule has 72 valence electrons. The SMILES string of the molecule is Nc1cccc(NCC(O)CO)n1. The topological polar surface area (TPSA) is 91.4 Å². The minimum atomic E-state index is -0.775. The summed E-state index contributed by atoms with van der Waals surface area (Å²) in [6.07, 6.45) is -0.775. The van der Waals surface area contributed by atoms with Crippen LogP contribution in [0.15, 0.2) is 18.2 Å². The van der Waals surface area contributed by atoms with Gasteiger partial charge in [-0.2, -0.15) is 0 Å². The van der Waals surface area contributed by atoms with E-state index in [-0.39, 0.29) is 13.2 Å². The molecule has 1 rings (SSSR count). The number of hydrogen-bond acceptors (Lipinski definition) is 5. The fraction of sp³-hybridized carbons (Fsp3) is 0.375. The van der Waals surface area contributed by atoms with Gasteiger partial charge in [0.05, 0.1) is 12.7 Å². The zero-order valence-corrected chi connectivity index (χ0v) is 7.14. The number of nitrogens with zero attached hydrogens (tertiary/aromatic N) is 1. The summed E-state index contributed by atoms with van der Waals surface area (Å²) in [5, 5.41) is 20.4.